The first-order chi connectivity index (χ1) is 6.82. The van der Waals surface area contributed by atoms with Crippen molar-refractivity contribution < 1.29 is 19.4 Å². The summed E-state index contributed by atoms with van der Waals surface area (Å²) in [4.78, 5) is 10.8. The summed E-state index contributed by atoms with van der Waals surface area (Å²) >= 11 is 0. The van der Waals surface area contributed by atoms with E-state index in [0.29, 0.717) is 6.42 Å². The Kier molecular flexibility index (Phi) is 3.87. The van der Waals surface area contributed by atoms with E-state index >= 15 is 0 Å². The van der Waals surface area contributed by atoms with Gasteiger partial charge in [-0.1, -0.05) is 0 Å². The third kappa shape index (κ3) is 3.55. The molecule has 0 aliphatic carbocycles. The van der Waals surface area contributed by atoms with E-state index in [-0.39, 0.29) is 24.4 Å². The molecule has 1 N–H and O–H groups in total. The molecular formula is C11H20O4. The van der Waals surface area contributed by atoms with Crippen LogP contribution in [0.3, 0.4) is 0 Å². The van der Waals surface area contributed by atoms with Crippen LogP contribution >= 0.6 is 0 Å². The van der Waals surface area contributed by atoms with Crippen LogP contribution < -0.4 is 0 Å². The molecule has 1 aliphatic rings. The molecule has 1 fully saturated rings. The molecular weight excluding hydrogens is 196 g/mol. The number of ketones is 1. The van der Waals surface area contributed by atoms with Gasteiger partial charge in [0.1, 0.15) is 5.78 Å². The standard InChI is InChI=1S/C11H20O4/c1-7(12)5-10(13)6-11(4)14-8(2)9(3)15-11/h8-10,13H,5-6H2,1-4H3/t8?,9?,10-,11?/m0/s1. The predicted octanol–water partition coefficient (Wildman–Crippen LogP) is 1.26. The van der Waals surface area contributed by atoms with Crippen LogP contribution in [0.1, 0.15) is 40.5 Å². The fourth-order valence-corrected chi connectivity index (χ4v) is 1.93. The highest BCUT2D eigenvalue weighted by Gasteiger charge is 2.41. The highest BCUT2D eigenvalue weighted by atomic mass is 16.8. The van der Waals surface area contributed by atoms with Crippen LogP contribution in [0.25, 0.3) is 0 Å². The van der Waals surface area contributed by atoms with E-state index in [4.69, 9.17) is 9.47 Å². The summed E-state index contributed by atoms with van der Waals surface area (Å²) in [6, 6.07) is 0. The topological polar surface area (TPSA) is 55.8 Å². The number of rotatable bonds is 4. The molecule has 3 atom stereocenters. The SMILES string of the molecule is CC(=O)C[C@H](O)CC1(C)OC(C)C(C)O1. The highest BCUT2D eigenvalue weighted by Crippen LogP contribution is 2.32. The molecule has 0 aromatic heterocycles. The van der Waals surface area contributed by atoms with Crippen molar-refractivity contribution in [2.45, 2.75) is 64.6 Å². The average molecular weight is 216 g/mol. The molecule has 2 unspecified atom stereocenters. The minimum Gasteiger partial charge on any atom is -0.392 e. The maximum absolute atomic E-state index is 10.8. The van der Waals surface area contributed by atoms with Crippen LogP contribution in [0.4, 0.5) is 0 Å². The normalized spacial score (nSPS) is 37.9. The van der Waals surface area contributed by atoms with Gasteiger partial charge in [0.15, 0.2) is 5.79 Å². The molecule has 0 radical (unpaired) electrons. The van der Waals surface area contributed by atoms with E-state index in [1.165, 1.54) is 6.92 Å². The summed E-state index contributed by atoms with van der Waals surface area (Å²) in [7, 11) is 0. The monoisotopic (exact) mass is 216 g/mol. The summed E-state index contributed by atoms with van der Waals surface area (Å²) in [6.45, 7) is 7.14. The Morgan fingerprint density at radius 2 is 1.87 bits per heavy atom. The molecule has 1 heterocycles. The van der Waals surface area contributed by atoms with Crippen LogP contribution in [0.5, 0.6) is 0 Å². The molecule has 1 rings (SSSR count). The Morgan fingerprint density at radius 3 is 2.27 bits per heavy atom. The molecule has 0 amide bonds. The van der Waals surface area contributed by atoms with Crippen molar-refractivity contribution in [3.63, 3.8) is 0 Å². The van der Waals surface area contributed by atoms with Crippen LogP contribution in [-0.4, -0.2) is 35.0 Å². The number of aliphatic hydroxyl groups is 1. The summed E-state index contributed by atoms with van der Waals surface area (Å²) in [5.41, 5.74) is 0. The maximum atomic E-state index is 10.8. The lowest BCUT2D eigenvalue weighted by molar-refractivity contribution is -0.178. The van der Waals surface area contributed by atoms with Gasteiger partial charge in [0, 0.05) is 12.8 Å². The molecule has 15 heavy (non-hydrogen) atoms. The second-order valence-electron chi connectivity index (χ2n) is 4.54. The Bertz CT molecular complexity index is 229. The molecule has 4 heteroatoms. The molecule has 0 aromatic carbocycles. The van der Waals surface area contributed by atoms with Crippen molar-refractivity contribution in [1.29, 1.82) is 0 Å². The minimum atomic E-state index is -0.756. The number of aliphatic hydroxyl groups excluding tert-OH is 1. The fraction of sp³-hybridized carbons (Fsp3) is 0.909. The van der Waals surface area contributed by atoms with Gasteiger partial charge < -0.3 is 14.6 Å². The predicted molar refractivity (Wildman–Crippen MR) is 55.4 cm³/mol. The molecule has 4 nitrogen and oxygen atoms in total. The van der Waals surface area contributed by atoms with E-state index in [9.17, 15) is 9.90 Å². The van der Waals surface area contributed by atoms with Crippen molar-refractivity contribution in [2.24, 2.45) is 0 Å². The number of carbonyl (C=O) groups excluding carboxylic acids is 1. The van der Waals surface area contributed by atoms with Gasteiger partial charge in [0.05, 0.1) is 18.3 Å². The second-order valence-corrected chi connectivity index (χ2v) is 4.54. The molecule has 0 saturated carbocycles. The number of carbonyl (C=O) groups is 1. The van der Waals surface area contributed by atoms with Crippen molar-refractivity contribution in [3.8, 4) is 0 Å². The van der Waals surface area contributed by atoms with E-state index in [0.717, 1.165) is 0 Å². The zero-order chi connectivity index (χ0) is 11.6. The number of Topliss-reactive ketones (excluding diaryl/α,β-unsaturated/α-hetero) is 1. The third-order valence-corrected chi connectivity index (χ3v) is 2.66. The Morgan fingerprint density at radius 1 is 1.40 bits per heavy atom. The number of ether oxygens (including phenoxy) is 2. The quantitative estimate of drug-likeness (QED) is 0.768. The second kappa shape index (κ2) is 4.60. The average Bonchev–Trinajstić information content (AvgIpc) is 2.22. The van der Waals surface area contributed by atoms with Crippen molar-refractivity contribution >= 4 is 5.78 Å². The number of hydrogen-bond donors (Lipinski definition) is 1. The van der Waals surface area contributed by atoms with Crippen molar-refractivity contribution in [1.82, 2.24) is 0 Å². The molecule has 88 valence electrons. The van der Waals surface area contributed by atoms with Crippen LogP contribution in [0.15, 0.2) is 0 Å². The molecule has 0 bridgehead atoms. The summed E-state index contributed by atoms with van der Waals surface area (Å²) in [5.74, 6) is -0.779. The zero-order valence-electron chi connectivity index (χ0n) is 9.82. The van der Waals surface area contributed by atoms with Gasteiger partial charge in [-0.3, -0.25) is 4.79 Å². The van der Waals surface area contributed by atoms with Crippen LogP contribution in [-0.2, 0) is 14.3 Å². The first kappa shape index (κ1) is 12.6. The Labute approximate surface area is 90.6 Å². The van der Waals surface area contributed by atoms with E-state index in [1.807, 2.05) is 13.8 Å². The smallest absolute Gasteiger partial charge is 0.168 e. The molecule has 1 saturated heterocycles. The van der Waals surface area contributed by atoms with Gasteiger partial charge in [-0.2, -0.15) is 0 Å². The molecule has 1 aliphatic heterocycles. The maximum Gasteiger partial charge on any atom is 0.168 e. The summed E-state index contributed by atoms with van der Waals surface area (Å²) in [6.07, 6.45) is -0.143. The minimum absolute atomic E-state index is 0.0230. The van der Waals surface area contributed by atoms with Gasteiger partial charge >= 0.3 is 0 Å². The first-order valence-electron chi connectivity index (χ1n) is 5.35. The van der Waals surface area contributed by atoms with Gasteiger partial charge in [-0.25, -0.2) is 0 Å². The Balaban J connectivity index is 2.47. The largest absolute Gasteiger partial charge is 0.392 e. The number of hydrogen-bond acceptors (Lipinski definition) is 4. The van der Waals surface area contributed by atoms with Gasteiger partial charge in [0.2, 0.25) is 0 Å². The van der Waals surface area contributed by atoms with Crippen molar-refractivity contribution in [2.75, 3.05) is 0 Å². The van der Waals surface area contributed by atoms with Crippen molar-refractivity contribution in [3.05, 3.63) is 0 Å². The van der Waals surface area contributed by atoms with Gasteiger partial charge in [0.25, 0.3) is 0 Å². The zero-order valence-corrected chi connectivity index (χ0v) is 9.82. The lowest BCUT2D eigenvalue weighted by atomic mass is 10.1. The van der Waals surface area contributed by atoms with Gasteiger partial charge in [-0.15, -0.1) is 0 Å². The fourth-order valence-electron chi connectivity index (χ4n) is 1.93. The first-order valence-corrected chi connectivity index (χ1v) is 5.35. The van der Waals surface area contributed by atoms with E-state index in [2.05, 4.69) is 0 Å². The van der Waals surface area contributed by atoms with E-state index < -0.39 is 11.9 Å². The van der Waals surface area contributed by atoms with Crippen LogP contribution in [0, 0.1) is 0 Å². The van der Waals surface area contributed by atoms with E-state index in [1.54, 1.807) is 6.92 Å². The third-order valence-electron chi connectivity index (χ3n) is 2.66. The lowest BCUT2D eigenvalue weighted by Crippen LogP contribution is -2.32. The highest BCUT2D eigenvalue weighted by molar-refractivity contribution is 5.75. The molecule has 0 spiro atoms. The Hall–Kier alpha value is -0.450. The van der Waals surface area contributed by atoms with Crippen LogP contribution in [0.2, 0.25) is 0 Å². The summed E-state index contributed by atoms with van der Waals surface area (Å²) in [5, 5.41) is 9.64. The lowest BCUT2D eigenvalue weighted by Gasteiger charge is -2.25. The van der Waals surface area contributed by atoms with Gasteiger partial charge in [-0.05, 0) is 27.7 Å². The molecule has 0 aromatic rings. The summed E-state index contributed by atoms with van der Waals surface area (Å²) < 4.78 is 11.2.